The van der Waals surface area contributed by atoms with Gasteiger partial charge in [-0.1, -0.05) is 45.4 Å². The van der Waals surface area contributed by atoms with E-state index in [4.69, 9.17) is 4.52 Å². The van der Waals surface area contributed by atoms with Crippen molar-refractivity contribution in [2.45, 2.75) is 18.4 Å². The number of nitrogens with one attached hydrogen (secondary N) is 1. The fourth-order valence-corrected chi connectivity index (χ4v) is 5.99. The number of nitrogens with zero attached hydrogens (tertiary/aromatic N) is 2. The van der Waals surface area contributed by atoms with Gasteiger partial charge in [0.25, 0.3) is 10.0 Å². The van der Waals surface area contributed by atoms with Gasteiger partial charge < -0.3 is 9.09 Å². The maximum absolute atomic E-state index is 15.2. The molecule has 0 saturated heterocycles. The van der Waals surface area contributed by atoms with E-state index < -0.39 is 32.5 Å². The van der Waals surface area contributed by atoms with Crippen LogP contribution in [0.2, 0.25) is 0 Å². The smallest absolute Gasteiger partial charge is 0.266 e. The fraction of sp³-hybridized carbons (Fsp3) is 0.0833. The van der Waals surface area contributed by atoms with Gasteiger partial charge in [-0.15, -0.1) is 0 Å². The molecule has 3 aromatic carbocycles. The van der Waals surface area contributed by atoms with Crippen LogP contribution in [0.3, 0.4) is 0 Å². The molecule has 0 aliphatic carbocycles. The molecule has 35 heavy (non-hydrogen) atoms. The summed E-state index contributed by atoms with van der Waals surface area (Å²) >= 11 is 3.40. The van der Waals surface area contributed by atoms with E-state index in [9.17, 15) is 17.6 Å². The first-order chi connectivity index (χ1) is 16.7. The number of hydrogen-bond donors (Lipinski definition) is 1. The molecule has 7 nitrogen and oxygen atoms in total. The zero-order valence-corrected chi connectivity index (χ0v) is 20.5. The van der Waals surface area contributed by atoms with Gasteiger partial charge in [-0.25, -0.2) is 21.9 Å². The van der Waals surface area contributed by atoms with E-state index in [0.29, 0.717) is 17.0 Å². The first-order valence-corrected chi connectivity index (χ1v) is 12.6. The normalized spacial score (nSPS) is 11.9. The largest absolute Gasteiger partial charge is 0.356 e. The van der Waals surface area contributed by atoms with Gasteiger partial charge in [0.15, 0.2) is 5.58 Å². The van der Waals surface area contributed by atoms with Crippen LogP contribution < -0.4 is 4.72 Å². The number of carbonyl (C=O) groups is 1. The molecule has 0 bridgehead atoms. The van der Waals surface area contributed by atoms with Crippen LogP contribution in [-0.2, 0) is 21.4 Å². The lowest BCUT2D eigenvalue weighted by atomic mass is 10.1. The number of halogens is 3. The summed E-state index contributed by atoms with van der Waals surface area (Å²) in [6, 6.07) is 15.6. The molecule has 0 spiro atoms. The summed E-state index contributed by atoms with van der Waals surface area (Å²) in [6.45, 7) is 1.07. The summed E-state index contributed by atoms with van der Waals surface area (Å²) < 4.78 is 66.0. The van der Waals surface area contributed by atoms with Crippen molar-refractivity contribution in [3.05, 3.63) is 82.3 Å². The Morgan fingerprint density at radius 3 is 2.63 bits per heavy atom. The zero-order chi connectivity index (χ0) is 24.9. The molecule has 1 N–H and O–H groups in total. The third-order valence-electron chi connectivity index (χ3n) is 5.42. The van der Waals surface area contributed by atoms with Gasteiger partial charge in [-0.05, 0) is 35.9 Å². The van der Waals surface area contributed by atoms with E-state index in [-0.39, 0.29) is 28.8 Å². The van der Waals surface area contributed by atoms with E-state index >= 15 is 4.39 Å². The highest BCUT2D eigenvalue weighted by atomic mass is 79.9. The topological polar surface area (TPSA) is 94.2 Å². The minimum atomic E-state index is -4.60. The summed E-state index contributed by atoms with van der Waals surface area (Å²) in [5, 5.41) is 4.19. The Balaban J connectivity index is 1.95. The van der Waals surface area contributed by atoms with Gasteiger partial charge in [-0.2, -0.15) is 0 Å². The first kappa shape index (κ1) is 23.2. The van der Waals surface area contributed by atoms with Crippen molar-refractivity contribution in [3.8, 4) is 11.4 Å². The highest BCUT2D eigenvalue weighted by molar-refractivity contribution is 9.10. The van der Waals surface area contributed by atoms with Crippen LogP contribution in [0.1, 0.15) is 12.5 Å². The number of amides is 1. The Morgan fingerprint density at radius 2 is 1.89 bits per heavy atom. The second-order valence-electron chi connectivity index (χ2n) is 7.86. The van der Waals surface area contributed by atoms with Crippen LogP contribution in [0.4, 0.5) is 8.78 Å². The highest BCUT2D eigenvalue weighted by Crippen LogP contribution is 2.41. The van der Waals surface area contributed by atoms with Crippen molar-refractivity contribution >= 4 is 53.7 Å². The van der Waals surface area contributed by atoms with E-state index in [1.54, 1.807) is 42.5 Å². The number of benzene rings is 3. The van der Waals surface area contributed by atoms with Gasteiger partial charge >= 0.3 is 0 Å². The number of para-hydroxylation sites is 1. The van der Waals surface area contributed by atoms with Crippen LogP contribution in [0.5, 0.6) is 0 Å². The summed E-state index contributed by atoms with van der Waals surface area (Å²) in [5.41, 5.74) is 1.14. The minimum absolute atomic E-state index is 0.0199. The molecule has 0 fully saturated rings. The molecule has 5 rings (SSSR count). The lowest BCUT2D eigenvalue weighted by molar-refractivity contribution is -0.117. The summed E-state index contributed by atoms with van der Waals surface area (Å²) in [5.74, 6) is -2.84. The molecule has 0 aliphatic rings. The Bertz CT molecular complexity index is 1740. The van der Waals surface area contributed by atoms with Crippen molar-refractivity contribution < 1.29 is 26.5 Å². The monoisotopic (exact) mass is 559 g/mol. The second-order valence-corrected chi connectivity index (χ2v) is 10.4. The summed E-state index contributed by atoms with van der Waals surface area (Å²) in [4.78, 5) is 11.2. The second kappa shape index (κ2) is 8.58. The van der Waals surface area contributed by atoms with Gasteiger partial charge in [0.2, 0.25) is 5.91 Å². The van der Waals surface area contributed by atoms with Crippen molar-refractivity contribution in [2.75, 3.05) is 0 Å². The lowest BCUT2D eigenvalue weighted by Gasteiger charge is -2.12. The zero-order valence-electron chi connectivity index (χ0n) is 18.1. The van der Waals surface area contributed by atoms with Crippen LogP contribution in [-0.4, -0.2) is 24.0 Å². The Kier molecular flexibility index (Phi) is 5.68. The summed E-state index contributed by atoms with van der Waals surface area (Å²) in [7, 11) is -4.60. The Hall–Kier alpha value is -3.57. The number of hydrogen-bond acceptors (Lipinski definition) is 5. The third-order valence-corrected chi connectivity index (χ3v) is 7.40. The molecule has 1 amide bonds. The number of aromatic nitrogens is 2. The molecule has 11 heteroatoms. The van der Waals surface area contributed by atoms with Crippen molar-refractivity contribution in [1.82, 2.24) is 14.4 Å². The fourth-order valence-electron chi connectivity index (χ4n) is 4.14. The molecule has 2 aromatic heterocycles. The van der Waals surface area contributed by atoms with E-state index in [1.165, 1.54) is 4.57 Å². The van der Waals surface area contributed by atoms with Crippen LogP contribution in [0.15, 0.2) is 74.6 Å². The number of fused-ring (bicyclic) bond motifs is 2. The average molecular weight is 560 g/mol. The van der Waals surface area contributed by atoms with Crippen molar-refractivity contribution in [2.24, 2.45) is 0 Å². The van der Waals surface area contributed by atoms with E-state index in [2.05, 4.69) is 21.1 Å². The molecule has 0 radical (unpaired) electrons. The molecule has 178 valence electrons. The average Bonchev–Trinajstić information content (AvgIpc) is 3.33. The van der Waals surface area contributed by atoms with Crippen LogP contribution >= 0.6 is 15.9 Å². The van der Waals surface area contributed by atoms with Crippen molar-refractivity contribution in [3.63, 3.8) is 0 Å². The lowest BCUT2D eigenvalue weighted by Crippen LogP contribution is -2.28. The van der Waals surface area contributed by atoms with Gasteiger partial charge in [0.05, 0.1) is 22.0 Å². The van der Waals surface area contributed by atoms with E-state index in [1.807, 2.05) is 10.8 Å². The van der Waals surface area contributed by atoms with E-state index in [0.717, 1.165) is 23.0 Å². The van der Waals surface area contributed by atoms with Gasteiger partial charge in [0.1, 0.15) is 22.2 Å². The van der Waals surface area contributed by atoms with Gasteiger partial charge in [0, 0.05) is 24.0 Å². The maximum atomic E-state index is 15.2. The molecule has 2 heterocycles. The SMILES string of the molecule is CC(=O)NS(=O)(=O)c1c(-c2noc3ccccc23)n(Cc2cccc(Br)c2)c2cc(F)cc(F)c12. The molecule has 0 aliphatic heterocycles. The Labute approximate surface area is 206 Å². The maximum Gasteiger partial charge on any atom is 0.266 e. The van der Waals surface area contributed by atoms with Crippen LogP contribution in [0.25, 0.3) is 33.3 Å². The number of carbonyl (C=O) groups excluding carboxylic acids is 1. The number of sulfonamides is 1. The molecule has 0 atom stereocenters. The standard InChI is InChI=1S/C24H16BrF2N3O4S/c1-13(31)29-35(32,33)24-21-18(27)10-16(26)11-19(21)30(12-14-5-4-6-15(25)9-14)23(24)22-17-7-2-3-8-20(17)34-28-22/h2-11H,12H2,1H3,(H,29,31). The highest BCUT2D eigenvalue weighted by Gasteiger charge is 2.33. The molecule has 5 aromatic rings. The minimum Gasteiger partial charge on any atom is -0.356 e. The quantitative estimate of drug-likeness (QED) is 0.312. The predicted octanol–water partition coefficient (Wildman–Crippen LogP) is 5.36. The number of rotatable bonds is 5. The van der Waals surface area contributed by atoms with Gasteiger partial charge in [-0.3, -0.25) is 4.79 Å². The van der Waals surface area contributed by atoms with Crippen molar-refractivity contribution in [1.29, 1.82) is 0 Å². The molecular weight excluding hydrogens is 544 g/mol. The summed E-state index contributed by atoms with van der Waals surface area (Å²) in [6.07, 6.45) is 0. The molecular formula is C24H16BrF2N3O4S. The predicted molar refractivity (Wildman–Crippen MR) is 129 cm³/mol. The Morgan fingerprint density at radius 1 is 1.11 bits per heavy atom. The third kappa shape index (κ3) is 4.10. The molecule has 0 unspecified atom stereocenters. The first-order valence-electron chi connectivity index (χ1n) is 10.3. The molecule has 0 saturated carbocycles. The van der Waals surface area contributed by atoms with Crippen LogP contribution in [0, 0.1) is 11.6 Å².